The highest BCUT2D eigenvalue weighted by atomic mass is 19.1. The molecule has 0 aliphatic heterocycles. The monoisotopic (exact) mass is 327 g/mol. The molecule has 0 unspecified atom stereocenters. The second-order valence-corrected chi connectivity index (χ2v) is 4.88. The van der Waals surface area contributed by atoms with Crippen LogP contribution in [0.1, 0.15) is 21.6 Å². The zero-order valence-corrected chi connectivity index (χ0v) is 12.1. The van der Waals surface area contributed by atoms with Crippen molar-refractivity contribution in [1.29, 1.82) is 5.26 Å². The molecule has 0 aliphatic carbocycles. The first-order valence-corrected chi connectivity index (χ1v) is 6.77. The highest BCUT2D eigenvalue weighted by molar-refractivity contribution is 5.95. The molecule has 0 radical (unpaired) electrons. The van der Waals surface area contributed by atoms with E-state index in [1.54, 1.807) is 0 Å². The summed E-state index contributed by atoms with van der Waals surface area (Å²) in [5.41, 5.74) is -0.764. The second-order valence-electron chi connectivity index (χ2n) is 4.88. The molecule has 1 amide bonds. The maximum absolute atomic E-state index is 12.8. The molecule has 8 nitrogen and oxygen atoms in total. The van der Waals surface area contributed by atoms with Gasteiger partial charge in [-0.15, -0.1) is 0 Å². The zero-order valence-electron chi connectivity index (χ0n) is 12.1. The van der Waals surface area contributed by atoms with Crippen molar-refractivity contribution in [2.75, 3.05) is 0 Å². The Balaban J connectivity index is 1.92. The van der Waals surface area contributed by atoms with Crippen molar-refractivity contribution in [1.82, 2.24) is 19.9 Å². The number of carbonyl (C=O) groups excluding carboxylic acids is 1. The van der Waals surface area contributed by atoms with Gasteiger partial charge in [-0.1, -0.05) is 12.1 Å². The predicted molar refractivity (Wildman–Crippen MR) is 79.8 cm³/mol. The Morgan fingerprint density at radius 1 is 1.42 bits per heavy atom. The van der Waals surface area contributed by atoms with Crippen LogP contribution in [0.2, 0.25) is 0 Å². The zero-order chi connectivity index (χ0) is 17.3. The maximum Gasteiger partial charge on any atom is 0.315 e. The standard InChI is InChI=1S/C15H10FN5O3/c16-10-3-1-8(2-4-10)6-18-14(23)11-12(22)15(24)21-13(20-11)9(5-17)7-19-21/h1-4,7,19,22H,6H2,(H,18,23). The third-order valence-corrected chi connectivity index (χ3v) is 3.34. The molecule has 2 aromatic heterocycles. The van der Waals surface area contributed by atoms with Crippen LogP contribution in [0, 0.1) is 17.1 Å². The van der Waals surface area contributed by atoms with E-state index < -0.39 is 28.7 Å². The number of carbonyl (C=O) groups is 1. The van der Waals surface area contributed by atoms with Crippen molar-refractivity contribution >= 4 is 11.6 Å². The fourth-order valence-electron chi connectivity index (χ4n) is 2.12. The lowest BCUT2D eigenvalue weighted by Crippen LogP contribution is -2.27. The fourth-order valence-corrected chi connectivity index (χ4v) is 2.12. The lowest BCUT2D eigenvalue weighted by Gasteiger charge is -2.06. The summed E-state index contributed by atoms with van der Waals surface area (Å²) in [6.07, 6.45) is 1.24. The summed E-state index contributed by atoms with van der Waals surface area (Å²) in [5, 5.41) is 23.8. The number of nitrogens with one attached hydrogen (secondary N) is 2. The Labute approximate surface area is 133 Å². The number of nitrogens with zero attached hydrogens (tertiary/aromatic N) is 3. The fraction of sp³-hybridized carbons (Fsp3) is 0.0667. The van der Waals surface area contributed by atoms with Crippen molar-refractivity contribution < 1.29 is 14.3 Å². The summed E-state index contributed by atoms with van der Waals surface area (Å²) >= 11 is 0. The summed E-state index contributed by atoms with van der Waals surface area (Å²) in [5.74, 6) is -2.03. The third kappa shape index (κ3) is 2.56. The van der Waals surface area contributed by atoms with E-state index in [0.29, 0.717) is 5.56 Å². The van der Waals surface area contributed by atoms with E-state index in [4.69, 9.17) is 5.26 Å². The van der Waals surface area contributed by atoms with Crippen molar-refractivity contribution in [3.8, 4) is 11.8 Å². The predicted octanol–water partition coefficient (Wildman–Crippen LogP) is 0.669. The van der Waals surface area contributed by atoms with E-state index in [1.807, 2.05) is 6.07 Å². The molecule has 3 rings (SSSR count). The molecule has 0 saturated heterocycles. The van der Waals surface area contributed by atoms with Crippen LogP contribution in [-0.4, -0.2) is 25.6 Å². The van der Waals surface area contributed by atoms with E-state index in [9.17, 15) is 19.1 Å². The molecule has 3 aromatic rings. The van der Waals surface area contributed by atoms with Crippen molar-refractivity contribution in [3.05, 3.63) is 63.5 Å². The molecule has 3 N–H and O–H groups in total. The average molecular weight is 327 g/mol. The van der Waals surface area contributed by atoms with Crippen LogP contribution in [0.25, 0.3) is 5.65 Å². The van der Waals surface area contributed by atoms with Gasteiger partial charge in [0, 0.05) is 12.7 Å². The van der Waals surface area contributed by atoms with E-state index >= 15 is 0 Å². The van der Waals surface area contributed by atoms with Crippen LogP contribution in [-0.2, 0) is 6.54 Å². The number of hydrogen-bond donors (Lipinski definition) is 3. The lowest BCUT2D eigenvalue weighted by molar-refractivity contribution is 0.0942. The molecule has 0 spiro atoms. The summed E-state index contributed by atoms with van der Waals surface area (Å²) in [6.45, 7) is 0.0534. The summed E-state index contributed by atoms with van der Waals surface area (Å²) in [4.78, 5) is 28.1. The molecule has 24 heavy (non-hydrogen) atoms. The van der Waals surface area contributed by atoms with Gasteiger partial charge in [0.2, 0.25) is 5.75 Å². The van der Waals surface area contributed by atoms with Crippen LogP contribution < -0.4 is 10.9 Å². The minimum Gasteiger partial charge on any atom is -0.501 e. The SMILES string of the molecule is N#Cc1c[nH]n2c(=O)c(O)c(C(=O)NCc3ccc(F)cc3)nc12. The topological polar surface area (TPSA) is 123 Å². The van der Waals surface area contributed by atoms with Gasteiger partial charge in [0.15, 0.2) is 11.3 Å². The number of nitriles is 1. The summed E-state index contributed by atoms with van der Waals surface area (Å²) < 4.78 is 13.7. The van der Waals surface area contributed by atoms with Gasteiger partial charge < -0.3 is 10.4 Å². The third-order valence-electron chi connectivity index (χ3n) is 3.34. The Morgan fingerprint density at radius 3 is 2.79 bits per heavy atom. The number of aromatic nitrogens is 3. The normalized spacial score (nSPS) is 10.5. The minimum absolute atomic E-state index is 0.0534. The van der Waals surface area contributed by atoms with Crippen molar-refractivity contribution in [2.45, 2.75) is 6.54 Å². The maximum atomic E-state index is 12.8. The van der Waals surface area contributed by atoms with Crippen molar-refractivity contribution in [2.24, 2.45) is 0 Å². The van der Waals surface area contributed by atoms with Gasteiger partial charge in [0.25, 0.3) is 5.91 Å². The van der Waals surface area contributed by atoms with E-state index in [2.05, 4.69) is 15.4 Å². The highest BCUT2D eigenvalue weighted by Crippen LogP contribution is 2.13. The Hall–Kier alpha value is -3.67. The van der Waals surface area contributed by atoms with Crippen molar-refractivity contribution in [3.63, 3.8) is 0 Å². The molecule has 9 heteroatoms. The van der Waals surface area contributed by atoms with Gasteiger partial charge in [0.1, 0.15) is 17.4 Å². The number of H-pyrrole nitrogens is 1. The van der Waals surface area contributed by atoms with E-state index in [1.165, 1.54) is 30.5 Å². The van der Waals surface area contributed by atoms with Crippen LogP contribution in [0.15, 0.2) is 35.3 Å². The Morgan fingerprint density at radius 2 is 2.12 bits per heavy atom. The minimum atomic E-state index is -0.895. The second kappa shape index (κ2) is 5.85. The average Bonchev–Trinajstić information content (AvgIpc) is 3.00. The smallest absolute Gasteiger partial charge is 0.315 e. The molecule has 0 fully saturated rings. The highest BCUT2D eigenvalue weighted by Gasteiger charge is 2.20. The molecule has 0 aliphatic rings. The molecule has 0 bridgehead atoms. The Kier molecular flexibility index (Phi) is 3.71. The van der Waals surface area contributed by atoms with Gasteiger partial charge in [-0.3, -0.25) is 14.7 Å². The largest absolute Gasteiger partial charge is 0.501 e. The number of fused-ring (bicyclic) bond motifs is 1. The summed E-state index contributed by atoms with van der Waals surface area (Å²) in [7, 11) is 0. The van der Waals surface area contributed by atoms with Gasteiger partial charge in [-0.2, -0.15) is 9.78 Å². The first kappa shape index (κ1) is 15.2. The molecular formula is C15H10FN5O3. The number of benzene rings is 1. The number of aromatic hydroxyl groups is 1. The van der Waals surface area contributed by atoms with Crippen LogP contribution >= 0.6 is 0 Å². The molecule has 0 saturated carbocycles. The number of rotatable bonds is 3. The van der Waals surface area contributed by atoms with Gasteiger partial charge >= 0.3 is 5.56 Å². The van der Waals surface area contributed by atoms with Gasteiger partial charge in [-0.05, 0) is 17.7 Å². The van der Waals surface area contributed by atoms with Crippen LogP contribution in [0.3, 0.4) is 0 Å². The van der Waals surface area contributed by atoms with Crippen LogP contribution in [0.4, 0.5) is 4.39 Å². The summed E-state index contributed by atoms with van der Waals surface area (Å²) in [6, 6.07) is 7.29. The molecule has 120 valence electrons. The lowest BCUT2D eigenvalue weighted by atomic mass is 10.2. The number of aromatic amines is 1. The number of hydrogen-bond acceptors (Lipinski definition) is 5. The van der Waals surface area contributed by atoms with Gasteiger partial charge in [0.05, 0.1) is 0 Å². The van der Waals surface area contributed by atoms with E-state index in [-0.39, 0.29) is 17.8 Å². The first-order chi connectivity index (χ1) is 11.5. The first-order valence-electron chi connectivity index (χ1n) is 6.77. The Bertz CT molecular complexity index is 1030. The van der Waals surface area contributed by atoms with Gasteiger partial charge in [-0.25, -0.2) is 9.37 Å². The number of amides is 1. The molecule has 0 atom stereocenters. The number of halogens is 1. The van der Waals surface area contributed by atoms with Crippen LogP contribution in [0.5, 0.6) is 5.75 Å². The molecule has 1 aromatic carbocycles. The molecular weight excluding hydrogens is 317 g/mol. The van der Waals surface area contributed by atoms with E-state index in [0.717, 1.165) is 4.52 Å². The quantitative estimate of drug-likeness (QED) is 0.652. The molecule has 2 heterocycles.